The molecule has 26 heteroatoms. The van der Waals surface area contributed by atoms with Gasteiger partial charge in [-0.15, -0.1) is 0 Å². The zero-order chi connectivity index (χ0) is 85.5. The highest BCUT2D eigenvalue weighted by Gasteiger charge is 2.60. The van der Waals surface area contributed by atoms with Crippen LogP contribution in [0.5, 0.6) is 0 Å². The highest BCUT2D eigenvalue weighted by Crippen LogP contribution is 2.49. The molecular weight excluding hydrogens is 1520 g/mol. The molecule has 0 spiro atoms. The molecular formula is C91H169O25P. The molecule has 2 heterocycles. The van der Waals surface area contributed by atoms with E-state index in [0.29, 0.717) is 44.4 Å². The minimum Gasteiger partial charge on any atom is -0.463 e. The molecule has 0 bridgehead atoms. The molecule has 1 aliphatic carbocycles. The van der Waals surface area contributed by atoms with Crippen molar-refractivity contribution >= 4 is 31.7 Å². The maximum absolute atomic E-state index is 14.9. The molecule has 0 radical (unpaired) electrons. The van der Waals surface area contributed by atoms with Gasteiger partial charge in [0.2, 0.25) is 0 Å². The van der Waals surface area contributed by atoms with Crippen LogP contribution in [0.15, 0.2) is 12.2 Å². The largest absolute Gasteiger partial charge is 0.472 e. The van der Waals surface area contributed by atoms with Crippen LogP contribution in [0.25, 0.3) is 0 Å². The van der Waals surface area contributed by atoms with Crippen LogP contribution in [-0.2, 0) is 70.7 Å². The highest BCUT2D eigenvalue weighted by molar-refractivity contribution is 7.47. The fourth-order valence-electron chi connectivity index (χ4n) is 15.8. The third kappa shape index (κ3) is 50.1. The van der Waals surface area contributed by atoms with Crippen molar-refractivity contribution in [1.82, 2.24) is 0 Å². The Balaban J connectivity index is 1.93. The lowest BCUT2D eigenvalue weighted by Gasteiger charge is -2.50. The molecule has 688 valence electrons. The summed E-state index contributed by atoms with van der Waals surface area (Å²) in [5.74, 6) is -2.35. The second-order valence-electron chi connectivity index (χ2n) is 34.2. The fourth-order valence-corrected chi connectivity index (χ4v) is 16.8. The van der Waals surface area contributed by atoms with Gasteiger partial charge in [0.1, 0.15) is 92.6 Å². The predicted octanol–water partition coefficient (Wildman–Crippen LogP) is 17.4. The van der Waals surface area contributed by atoms with Crippen molar-refractivity contribution < 1.29 is 122 Å². The minimum absolute atomic E-state index is 0.0174. The molecule has 1 saturated carbocycles. The summed E-state index contributed by atoms with van der Waals surface area (Å²) in [6, 6.07) is 0. The Kier molecular flexibility index (Phi) is 64.4. The van der Waals surface area contributed by atoms with Gasteiger partial charge in [-0.2, -0.15) is 0 Å². The lowest BCUT2D eigenvalue weighted by Crippen LogP contribution is -2.70. The van der Waals surface area contributed by atoms with E-state index in [1.165, 1.54) is 186 Å². The number of carbonyl (C=O) groups is 4. The van der Waals surface area contributed by atoms with Crippen LogP contribution >= 0.6 is 7.82 Å². The minimum atomic E-state index is -5.81. The summed E-state index contributed by atoms with van der Waals surface area (Å²) in [7, 11) is -5.81. The van der Waals surface area contributed by atoms with Crippen LogP contribution in [-0.4, -0.2) is 205 Å². The summed E-state index contributed by atoms with van der Waals surface area (Å²) in [6.45, 7) is 7.89. The van der Waals surface area contributed by atoms with Gasteiger partial charge in [-0.25, -0.2) is 4.57 Å². The lowest BCUT2D eigenvalue weighted by atomic mass is 9.84. The summed E-state index contributed by atoms with van der Waals surface area (Å²) in [5, 5.41) is 102. The van der Waals surface area contributed by atoms with Crippen molar-refractivity contribution in [2.24, 2.45) is 5.92 Å². The number of allylic oxidation sites excluding steroid dienone is 2. The molecule has 2 saturated heterocycles. The van der Waals surface area contributed by atoms with Gasteiger partial charge in [0.05, 0.1) is 13.2 Å². The number of aliphatic hydroxyl groups excluding tert-OH is 9. The van der Waals surface area contributed by atoms with Crippen molar-refractivity contribution in [3.8, 4) is 0 Å². The van der Waals surface area contributed by atoms with E-state index in [9.17, 15) is 74.6 Å². The maximum atomic E-state index is 14.9. The van der Waals surface area contributed by atoms with Crippen LogP contribution < -0.4 is 0 Å². The van der Waals surface area contributed by atoms with Crippen LogP contribution in [0.2, 0.25) is 0 Å². The second-order valence-corrected chi connectivity index (χ2v) is 35.6. The summed E-state index contributed by atoms with van der Waals surface area (Å²) in [5.41, 5.74) is 0. The van der Waals surface area contributed by atoms with Gasteiger partial charge in [0.25, 0.3) is 0 Å². The summed E-state index contributed by atoms with van der Waals surface area (Å²) < 4.78 is 73.5. The first-order valence-corrected chi connectivity index (χ1v) is 48.8. The molecule has 19 unspecified atom stereocenters. The molecule has 117 heavy (non-hydrogen) atoms. The molecule has 0 aromatic heterocycles. The van der Waals surface area contributed by atoms with Crippen molar-refractivity contribution in [3.63, 3.8) is 0 Å². The number of aliphatic hydroxyl groups is 9. The molecule has 0 aromatic rings. The molecule has 10 N–H and O–H groups in total. The molecule has 0 amide bonds. The average Bonchev–Trinajstić information content (AvgIpc) is 0.754. The number of hydrogen-bond acceptors (Lipinski definition) is 24. The number of hydrogen-bond donors (Lipinski definition) is 10. The van der Waals surface area contributed by atoms with E-state index in [4.69, 9.17) is 46.9 Å². The molecule has 19 atom stereocenters. The zero-order valence-corrected chi connectivity index (χ0v) is 74.3. The summed E-state index contributed by atoms with van der Waals surface area (Å²) in [4.78, 5) is 66.5. The smallest absolute Gasteiger partial charge is 0.463 e. The number of esters is 4. The van der Waals surface area contributed by atoms with E-state index < -0.39 is 162 Å². The average molecular weight is 1690 g/mol. The van der Waals surface area contributed by atoms with E-state index in [0.717, 1.165) is 122 Å². The van der Waals surface area contributed by atoms with Crippen molar-refractivity contribution in [3.05, 3.63) is 12.2 Å². The van der Waals surface area contributed by atoms with Gasteiger partial charge < -0.3 is 88.7 Å². The second kappa shape index (κ2) is 69.5. The Hall–Kier alpha value is -2.79. The Bertz CT molecular complexity index is 2500. The van der Waals surface area contributed by atoms with Gasteiger partial charge >= 0.3 is 31.7 Å². The number of phosphoric acid groups is 1. The van der Waals surface area contributed by atoms with Crippen LogP contribution in [0.4, 0.5) is 0 Å². The number of carbonyl (C=O) groups excluding carboxylic acids is 4. The van der Waals surface area contributed by atoms with E-state index in [1.807, 2.05) is 0 Å². The van der Waals surface area contributed by atoms with Crippen molar-refractivity contribution in [2.45, 2.75) is 511 Å². The molecule has 25 nitrogen and oxygen atoms in total. The number of phosphoric ester groups is 1. The maximum Gasteiger partial charge on any atom is 0.472 e. The normalized spacial score (nSPS) is 25.3. The van der Waals surface area contributed by atoms with Gasteiger partial charge in [-0.05, 0) is 57.3 Å². The summed E-state index contributed by atoms with van der Waals surface area (Å²) in [6.07, 6.45) is 26.5. The molecule has 2 aliphatic heterocycles. The quantitative estimate of drug-likeness (QED) is 0.00889. The molecule has 0 aromatic carbocycles. The van der Waals surface area contributed by atoms with Gasteiger partial charge in [0.15, 0.2) is 24.8 Å². The van der Waals surface area contributed by atoms with E-state index >= 15 is 0 Å². The zero-order valence-electron chi connectivity index (χ0n) is 73.4. The lowest BCUT2D eigenvalue weighted by molar-refractivity contribution is -0.360. The Labute approximate surface area is 705 Å². The predicted molar refractivity (Wildman–Crippen MR) is 453 cm³/mol. The Morgan fingerprint density at radius 2 is 0.692 bits per heavy atom. The van der Waals surface area contributed by atoms with Gasteiger partial charge in [0, 0.05) is 25.7 Å². The van der Waals surface area contributed by atoms with Crippen LogP contribution in [0.1, 0.15) is 407 Å². The van der Waals surface area contributed by atoms with Crippen LogP contribution in [0.3, 0.4) is 0 Å². The third-order valence-electron chi connectivity index (χ3n) is 23.4. The third-order valence-corrected chi connectivity index (χ3v) is 24.4. The van der Waals surface area contributed by atoms with E-state index in [1.54, 1.807) is 0 Å². The first-order valence-electron chi connectivity index (χ1n) is 47.3. The number of unbranched alkanes of at least 4 members (excludes halogenated alkanes) is 46. The number of ether oxygens (including phenoxy) is 8. The van der Waals surface area contributed by atoms with Crippen LogP contribution in [0, 0.1) is 5.92 Å². The Morgan fingerprint density at radius 3 is 1.11 bits per heavy atom. The molecule has 3 fully saturated rings. The van der Waals surface area contributed by atoms with Crippen molar-refractivity contribution in [2.75, 3.05) is 26.4 Å². The topological polar surface area (TPSA) is 380 Å². The van der Waals surface area contributed by atoms with Crippen molar-refractivity contribution in [1.29, 1.82) is 0 Å². The van der Waals surface area contributed by atoms with E-state index in [-0.39, 0.29) is 25.7 Å². The first-order chi connectivity index (χ1) is 56.6. The Morgan fingerprint density at radius 1 is 0.359 bits per heavy atom. The standard InChI is InChI=1S/C91H169O25P/c1-6-10-14-18-22-25-28-31-32-33-36-38-40-43-50-56-62-74(93)107-67-71(110-76(95)64-58-52-45-42-39-35-30-27-24-20-16-12-8-3)68-109-117(105,106)116-89-87(114-90-84(103)80(99)78(97)72(66-92)111-90)83(102)82(101)86(113-77(96)65-59-53-47-46-49-55-61-70(5)60-54-48-21-17-13-9-4)88(89)115-91-85(104)81(100)79(98)73(112-91)69-108-75(94)63-57-51-44-41-37-34-29-26-23-19-15-11-7-2/h35,39,70-73,78-92,97-104H,6-34,36-38,40-69H2,1-5H3,(H,105,106)/b39-35-. The molecule has 3 rings (SSSR count). The fraction of sp³-hybridized carbons (Fsp3) is 0.934. The number of rotatable bonds is 76. The summed E-state index contributed by atoms with van der Waals surface area (Å²) >= 11 is 0. The van der Waals surface area contributed by atoms with E-state index in [2.05, 4.69) is 46.8 Å². The van der Waals surface area contributed by atoms with Gasteiger partial charge in [-0.3, -0.25) is 28.2 Å². The van der Waals surface area contributed by atoms with Gasteiger partial charge in [-0.1, -0.05) is 342 Å². The monoisotopic (exact) mass is 1690 g/mol. The highest BCUT2D eigenvalue weighted by atomic mass is 31.2. The molecule has 3 aliphatic rings. The first kappa shape index (κ1) is 108. The SMILES string of the molecule is CCCCCCCC/C=C\CCCCCC(=O)OC(COC(=O)CCCCCCCCCCCCCCCCCC)COP(=O)(O)OC1C(OC2OC(CO)C(O)C(O)C2O)C(O)C(O)C(OC(=O)CCCCCCCCC(C)CCCCCCCC)C1OC1OC(COC(=O)CCCCCCCCCCCCCCC)C(O)C(O)C1O.